The van der Waals surface area contributed by atoms with Gasteiger partial charge in [0.05, 0.1) is 43.5 Å². The Morgan fingerprint density at radius 3 is 2.12 bits per heavy atom. The molecule has 4 aromatic carbocycles. The zero-order valence-electron chi connectivity index (χ0n) is 32.0. The van der Waals surface area contributed by atoms with Crippen molar-refractivity contribution in [1.82, 2.24) is 5.32 Å². The lowest BCUT2D eigenvalue weighted by Crippen LogP contribution is -2.37. The molecule has 2 heterocycles. The number of sulfone groups is 1. The van der Waals surface area contributed by atoms with E-state index in [0.717, 1.165) is 22.3 Å². The Morgan fingerprint density at radius 2 is 1.54 bits per heavy atom. The Balaban J connectivity index is 1.11. The quantitative estimate of drug-likeness (QED) is 0.117. The molecule has 0 aromatic heterocycles. The van der Waals surface area contributed by atoms with Crippen LogP contribution in [0.2, 0.25) is 0 Å². The van der Waals surface area contributed by atoms with Gasteiger partial charge in [-0.1, -0.05) is 86.6 Å². The minimum atomic E-state index is -4.22. The molecule has 2 aliphatic rings. The van der Waals surface area contributed by atoms with E-state index < -0.39 is 41.1 Å². The fourth-order valence-corrected chi connectivity index (χ4v) is 10.0. The number of cyclic esters (lactones) is 1. The maximum absolute atomic E-state index is 15.2. The second kappa shape index (κ2) is 17.3. The Bertz CT molecular complexity index is 2140. The first-order chi connectivity index (χ1) is 26.6. The summed E-state index contributed by atoms with van der Waals surface area (Å²) in [6.07, 6.45) is -0.629. The lowest BCUT2D eigenvalue weighted by Gasteiger charge is -2.30. The second-order valence-electron chi connectivity index (χ2n) is 15.1. The lowest BCUT2D eigenvalue weighted by atomic mass is 9.78. The molecule has 0 aliphatic carbocycles. The van der Waals surface area contributed by atoms with Gasteiger partial charge in [-0.3, -0.25) is 18.7 Å². The van der Waals surface area contributed by atoms with Gasteiger partial charge in [0.25, 0.3) is 0 Å². The van der Waals surface area contributed by atoms with E-state index in [2.05, 4.69) is 5.32 Å². The van der Waals surface area contributed by atoms with Crippen LogP contribution in [0.25, 0.3) is 0 Å². The van der Waals surface area contributed by atoms with E-state index in [1.54, 1.807) is 18.2 Å². The molecule has 0 unspecified atom stereocenters. The number of ether oxygens (including phenoxy) is 1. The van der Waals surface area contributed by atoms with Gasteiger partial charge in [-0.2, -0.15) is 0 Å². The Hall–Kier alpha value is -4.55. The van der Waals surface area contributed by atoms with Crippen LogP contribution in [-0.2, 0) is 51.6 Å². The molecule has 2 saturated heterocycles. The smallest absolute Gasteiger partial charge is 0.442 e. The van der Waals surface area contributed by atoms with Crippen LogP contribution in [-0.4, -0.2) is 51.1 Å². The predicted molar refractivity (Wildman–Crippen MR) is 212 cm³/mol. The molecule has 298 valence electrons. The van der Waals surface area contributed by atoms with Crippen LogP contribution >= 0.6 is 7.82 Å². The summed E-state index contributed by atoms with van der Waals surface area (Å²) in [7, 11) is -7.31. The lowest BCUT2D eigenvalue weighted by molar-refractivity contribution is -0.122. The summed E-state index contributed by atoms with van der Waals surface area (Å²) in [5.41, 5.74) is 3.82. The molecule has 11 nitrogen and oxygen atoms in total. The van der Waals surface area contributed by atoms with E-state index in [-0.39, 0.29) is 61.8 Å². The molecule has 2 fully saturated rings. The average Bonchev–Trinajstić information content (AvgIpc) is 3.53. The maximum Gasteiger partial charge on any atom is 0.530 e. The number of benzene rings is 4. The molecule has 6 rings (SSSR count). The van der Waals surface area contributed by atoms with Crippen molar-refractivity contribution in [1.29, 1.82) is 0 Å². The van der Waals surface area contributed by atoms with Crippen molar-refractivity contribution in [3.63, 3.8) is 0 Å². The molecule has 4 aromatic rings. The number of carbonyl (C=O) groups excluding carboxylic acids is 2. The third-order valence-corrected chi connectivity index (χ3v) is 13.1. The van der Waals surface area contributed by atoms with Gasteiger partial charge in [-0.05, 0) is 78.6 Å². The average molecular weight is 807 g/mol. The van der Waals surface area contributed by atoms with Crippen LogP contribution in [0, 0.1) is 19.7 Å². The van der Waals surface area contributed by atoms with Crippen LogP contribution in [0.15, 0.2) is 91.0 Å². The summed E-state index contributed by atoms with van der Waals surface area (Å²) in [5, 5.41) is 2.88. The van der Waals surface area contributed by atoms with Gasteiger partial charge in [-0.15, -0.1) is 0 Å². The summed E-state index contributed by atoms with van der Waals surface area (Å²) >= 11 is 0. The number of anilines is 1. The van der Waals surface area contributed by atoms with E-state index in [1.165, 1.54) is 11.0 Å². The van der Waals surface area contributed by atoms with Gasteiger partial charge >= 0.3 is 13.9 Å². The maximum atomic E-state index is 15.2. The van der Waals surface area contributed by atoms with Crippen LogP contribution in [0.1, 0.15) is 72.4 Å². The summed E-state index contributed by atoms with van der Waals surface area (Å²) in [5.74, 6) is -0.700. The monoisotopic (exact) mass is 806 g/mol. The van der Waals surface area contributed by atoms with Crippen molar-refractivity contribution < 1.29 is 45.3 Å². The largest absolute Gasteiger partial charge is 0.530 e. The Kier molecular flexibility index (Phi) is 12.7. The van der Waals surface area contributed by atoms with Crippen LogP contribution in [0.3, 0.4) is 0 Å². The molecule has 56 heavy (non-hydrogen) atoms. The first kappa shape index (κ1) is 41.1. The number of halogens is 1. The first-order valence-electron chi connectivity index (χ1n) is 18.6. The summed E-state index contributed by atoms with van der Waals surface area (Å²) < 4.78 is 76.8. The van der Waals surface area contributed by atoms with Gasteiger partial charge in [0.15, 0.2) is 0 Å². The fourth-order valence-electron chi connectivity index (χ4n) is 7.37. The molecule has 0 saturated carbocycles. The molecule has 1 N–H and O–H groups in total. The molecule has 2 amide bonds. The van der Waals surface area contributed by atoms with Crippen LogP contribution < -0.4 is 14.7 Å². The minimum absolute atomic E-state index is 0.00677. The standard InChI is InChI=1S/C42H48FN2O9PS/c1-29-21-30(2)40(38(22-29)54-55(48,51-27-31-11-7-5-8-12-31)52-28-32-13-9-6-10-14-32)42(3,4)24-39(46)44-25-35-26-45(41(47)53-35)34-15-16-36(37(43)23-34)33-17-19-56(49,50)20-18-33/h5-16,21-23,33,35H,17-20,24-28H2,1-4H3,(H,44,46)/t35-/m0/s1. The van der Waals surface area contributed by atoms with Crippen molar-refractivity contribution >= 4 is 35.3 Å². The van der Waals surface area contributed by atoms with Gasteiger partial charge in [0.1, 0.15) is 27.5 Å². The number of amides is 2. The normalized spacial score (nSPS) is 17.4. The highest BCUT2D eigenvalue weighted by Crippen LogP contribution is 2.53. The highest BCUT2D eigenvalue weighted by molar-refractivity contribution is 7.91. The SMILES string of the molecule is Cc1cc(C)c(C(C)(C)CC(=O)NC[C@H]2CN(c3ccc(C4CCS(=O)(=O)CC4)c(F)c3)C(=O)O2)c(OP(=O)(OCc2ccccc2)OCc2ccccc2)c1. The van der Waals surface area contributed by atoms with E-state index in [4.69, 9.17) is 18.3 Å². The van der Waals surface area contributed by atoms with E-state index in [0.29, 0.717) is 29.7 Å². The highest BCUT2D eigenvalue weighted by atomic mass is 32.2. The third-order valence-electron chi connectivity index (χ3n) is 10.1. The number of carbonyl (C=O) groups is 2. The zero-order valence-corrected chi connectivity index (χ0v) is 33.7. The van der Waals surface area contributed by atoms with Crippen molar-refractivity contribution in [2.75, 3.05) is 29.5 Å². The van der Waals surface area contributed by atoms with Crippen molar-refractivity contribution in [2.45, 2.75) is 77.6 Å². The van der Waals surface area contributed by atoms with Gasteiger partial charge in [0.2, 0.25) is 5.91 Å². The molecule has 1 atom stereocenters. The molecular weight excluding hydrogens is 759 g/mol. The summed E-state index contributed by atoms with van der Waals surface area (Å²) in [6, 6.07) is 26.8. The molecule has 0 radical (unpaired) electrons. The molecule has 2 aliphatic heterocycles. The Labute approximate surface area is 328 Å². The number of phosphoric acid groups is 1. The van der Waals surface area contributed by atoms with E-state index in [9.17, 15) is 22.6 Å². The zero-order chi connectivity index (χ0) is 40.1. The van der Waals surface area contributed by atoms with Crippen LogP contribution in [0.4, 0.5) is 14.9 Å². The Morgan fingerprint density at radius 1 is 0.929 bits per heavy atom. The summed E-state index contributed by atoms with van der Waals surface area (Å²) in [4.78, 5) is 27.6. The number of nitrogens with zero attached hydrogens (tertiary/aromatic N) is 1. The number of aryl methyl sites for hydroxylation is 2. The van der Waals surface area contributed by atoms with Crippen LogP contribution in [0.5, 0.6) is 5.75 Å². The minimum Gasteiger partial charge on any atom is -0.442 e. The molecular formula is C42H48FN2O9PS. The van der Waals surface area contributed by atoms with Gasteiger partial charge in [0, 0.05) is 17.4 Å². The number of rotatable bonds is 15. The fraction of sp³-hybridized carbons (Fsp3) is 0.381. The number of nitrogens with one attached hydrogen (secondary N) is 1. The first-order valence-corrected chi connectivity index (χ1v) is 21.9. The second-order valence-corrected chi connectivity index (χ2v) is 19.0. The van der Waals surface area contributed by atoms with Crippen molar-refractivity contribution in [3.8, 4) is 5.75 Å². The van der Waals surface area contributed by atoms with Gasteiger partial charge in [-0.25, -0.2) is 22.2 Å². The molecule has 14 heteroatoms. The van der Waals surface area contributed by atoms with Gasteiger partial charge < -0.3 is 14.6 Å². The predicted octanol–water partition coefficient (Wildman–Crippen LogP) is 8.46. The third kappa shape index (κ3) is 10.4. The topological polar surface area (TPSA) is 138 Å². The van der Waals surface area contributed by atoms with Crippen molar-refractivity contribution in [3.05, 3.63) is 130 Å². The number of hydrogen-bond donors (Lipinski definition) is 1. The van der Waals surface area contributed by atoms with E-state index >= 15 is 4.39 Å². The summed E-state index contributed by atoms with van der Waals surface area (Å²) in [6.45, 7) is 7.66. The van der Waals surface area contributed by atoms with Crippen molar-refractivity contribution in [2.24, 2.45) is 0 Å². The van der Waals surface area contributed by atoms with E-state index in [1.807, 2.05) is 94.4 Å². The number of hydrogen-bond acceptors (Lipinski definition) is 9. The molecule has 0 spiro atoms. The molecule has 0 bridgehead atoms. The highest BCUT2D eigenvalue weighted by Gasteiger charge is 2.37. The number of phosphoric ester groups is 1.